The SMILES string of the molecule is COc1ccc(CNC(=O)[C@H]2CCCN(c3cc(C)nc4ncnn34)C2)cc1. The Labute approximate surface area is 163 Å². The number of carbonyl (C=O) groups is 1. The van der Waals surface area contributed by atoms with Gasteiger partial charge in [0.05, 0.1) is 13.0 Å². The first-order valence-corrected chi connectivity index (χ1v) is 9.47. The van der Waals surface area contributed by atoms with E-state index in [1.165, 1.54) is 6.33 Å². The predicted molar refractivity (Wildman–Crippen MR) is 105 cm³/mol. The van der Waals surface area contributed by atoms with Crippen LogP contribution in [0.4, 0.5) is 5.82 Å². The molecule has 3 aromatic rings. The van der Waals surface area contributed by atoms with Gasteiger partial charge in [-0.05, 0) is 37.5 Å². The lowest BCUT2D eigenvalue weighted by Gasteiger charge is -2.33. The van der Waals surface area contributed by atoms with Gasteiger partial charge in [0.25, 0.3) is 5.78 Å². The number of rotatable bonds is 5. The monoisotopic (exact) mass is 380 g/mol. The van der Waals surface area contributed by atoms with Crippen LogP contribution >= 0.6 is 0 Å². The summed E-state index contributed by atoms with van der Waals surface area (Å²) in [6.07, 6.45) is 3.35. The summed E-state index contributed by atoms with van der Waals surface area (Å²) in [6, 6.07) is 9.73. The molecule has 1 aliphatic heterocycles. The minimum Gasteiger partial charge on any atom is -0.497 e. The molecule has 8 nitrogen and oxygen atoms in total. The van der Waals surface area contributed by atoms with Crippen LogP contribution in [0.2, 0.25) is 0 Å². The Morgan fingerprint density at radius 3 is 2.93 bits per heavy atom. The van der Waals surface area contributed by atoms with Gasteiger partial charge in [0.15, 0.2) is 0 Å². The van der Waals surface area contributed by atoms with Gasteiger partial charge in [0.2, 0.25) is 5.91 Å². The van der Waals surface area contributed by atoms with Crippen LogP contribution in [-0.2, 0) is 11.3 Å². The minimum atomic E-state index is -0.0564. The molecule has 0 bridgehead atoms. The maximum Gasteiger partial charge on any atom is 0.254 e. The highest BCUT2D eigenvalue weighted by Gasteiger charge is 2.27. The van der Waals surface area contributed by atoms with E-state index in [2.05, 4.69) is 25.3 Å². The van der Waals surface area contributed by atoms with Crippen LogP contribution in [0, 0.1) is 12.8 Å². The van der Waals surface area contributed by atoms with Crippen molar-refractivity contribution in [3.05, 3.63) is 47.9 Å². The molecule has 1 fully saturated rings. The maximum atomic E-state index is 12.7. The minimum absolute atomic E-state index is 0.0564. The van der Waals surface area contributed by atoms with Crippen molar-refractivity contribution in [3.8, 4) is 5.75 Å². The van der Waals surface area contributed by atoms with E-state index in [1.807, 2.05) is 37.3 Å². The number of methoxy groups -OCH3 is 1. The fraction of sp³-hybridized carbons (Fsp3) is 0.400. The van der Waals surface area contributed by atoms with Crippen LogP contribution in [0.3, 0.4) is 0 Å². The van der Waals surface area contributed by atoms with E-state index < -0.39 is 0 Å². The van der Waals surface area contributed by atoms with Gasteiger partial charge < -0.3 is 15.0 Å². The largest absolute Gasteiger partial charge is 0.497 e. The third-order valence-corrected chi connectivity index (χ3v) is 5.10. The van der Waals surface area contributed by atoms with Gasteiger partial charge in [0.1, 0.15) is 17.9 Å². The predicted octanol–water partition coefficient (Wildman–Crippen LogP) is 1.97. The smallest absolute Gasteiger partial charge is 0.254 e. The summed E-state index contributed by atoms with van der Waals surface area (Å²) in [7, 11) is 1.64. The van der Waals surface area contributed by atoms with E-state index in [-0.39, 0.29) is 11.8 Å². The van der Waals surface area contributed by atoms with Crippen molar-refractivity contribution < 1.29 is 9.53 Å². The molecular weight excluding hydrogens is 356 g/mol. The van der Waals surface area contributed by atoms with Crippen molar-refractivity contribution in [2.75, 3.05) is 25.1 Å². The number of hydrogen-bond acceptors (Lipinski definition) is 6. The highest BCUT2D eigenvalue weighted by Crippen LogP contribution is 2.24. The molecule has 1 aliphatic rings. The number of hydrogen-bond donors (Lipinski definition) is 1. The second-order valence-corrected chi connectivity index (χ2v) is 7.08. The Morgan fingerprint density at radius 1 is 1.32 bits per heavy atom. The molecule has 2 aromatic heterocycles. The first kappa shape index (κ1) is 18.2. The summed E-state index contributed by atoms with van der Waals surface area (Å²) in [5, 5.41) is 7.35. The summed E-state index contributed by atoms with van der Waals surface area (Å²) in [6.45, 7) is 4.01. The molecule has 1 saturated heterocycles. The number of ether oxygens (including phenoxy) is 1. The van der Waals surface area contributed by atoms with Gasteiger partial charge in [-0.2, -0.15) is 14.6 Å². The number of anilines is 1. The summed E-state index contributed by atoms with van der Waals surface area (Å²) in [5.74, 6) is 2.36. The lowest BCUT2D eigenvalue weighted by Crippen LogP contribution is -2.43. The van der Waals surface area contributed by atoms with Crippen LogP contribution < -0.4 is 15.0 Å². The number of amides is 1. The van der Waals surface area contributed by atoms with Gasteiger partial charge in [-0.1, -0.05) is 12.1 Å². The van der Waals surface area contributed by atoms with E-state index in [4.69, 9.17) is 4.74 Å². The molecule has 4 rings (SSSR count). The lowest BCUT2D eigenvalue weighted by molar-refractivity contribution is -0.125. The molecule has 0 spiro atoms. The van der Waals surface area contributed by atoms with E-state index in [1.54, 1.807) is 11.6 Å². The second kappa shape index (κ2) is 7.84. The number of nitrogens with one attached hydrogen (secondary N) is 1. The highest BCUT2D eigenvalue weighted by molar-refractivity contribution is 5.79. The molecule has 1 N–H and O–H groups in total. The Hall–Kier alpha value is -3.16. The fourth-order valence-electron chi connectivity index (χ4n) is 3.61. The van der Waals surface area contributed by atoms with Crippen LogP contribution in [0.5, 0.6) is 5.75 Å². The van der Waals surface area contributed by atoms with Crippen LogP contribution in [-0.4, -0.2) is 45.7 Å². The average molecular weight is 380 g/mol. The number of aryl methyl sites for hydroxylation is 1. The Bertz CT molecular complexity index is 968. The summed E-state index contributed by atoms with van der Waals surface area (Å²) >= 11 is 0. The molecule has 0 unspecified atom stereocenters. The van der Waals surface area contributed by atoms with Crippen molar-refractivity contribution in [1.29, 1.82) is 0 Å². The molecule has 1 atom stereocenters. The fourth-order valence-corrected chi connectivity index (χ4v) is 3.61. The molecule has 1 aromatic carbocycles. The van der Waals surface area contributed by atoms with Gasteiger partial charge >= 0.3 is 0 Å². The first-order chi connectivity index (χ1) is 13.6. The van der Waals surface area contributed by atoms with Crippen molar-refractivity contribution in [1.82, 2.24) is 24.9 Å². The number of carbonyl (C=O) groups excluding carboxylic acids is 1. The van der Waals surface area contributed by atoms with Crippen molar-refractivity contribution in [2.24, 2.45) is 5.92 Å². The molecule has 28 heavy (non-hydrogen) atoms. The second-order valence-electron chi connectivity index (χ2n) is 7.08. The highest BCUT2D eigenvalue weighted by atomic mass is 16.5. The zero-order valence-electron chi connectivity index (χ0n) is 16.1. The number of fused-ring (bicyclic) bond motifs is 1. The third-order valence-electron chi connectivity index (χ3n) is 5.10. The number of piperidine rings is 1. The maximum absolute atomic E-state index is 12.7. The molecule has 0 radical (unpaired) electrons. The Balaban J connectivity index is 1.42. The first-order valence-electron chi connectivity index (χ1n) is 9.47. The van der Waals surface area contributed by atoms with Crippen LogP contribution in [0.1, 0.15) is 24.1 Å². The molecular formula is C20H24N6O2. The molecule has 8 heteroatoms. The topological polar surface area (TPSA) is 84.6 Å². The lowest BCUT2D eigenvalue weighted by atomic mass is 9.97. The summed E-state index contributed by atoms with van der Waals surface area (Å²) in [5.41, 5.74) is 1.94. The molecule has 0 aliphatic carbocycles. The third kappa shape index (κ3) is 3.76. The number of aromatic nitrogens is 4. The number of benzene rings is 1. The number of nitrogens with zero attached hydrogens (tertiary/aromatic N) is 5. The average Bonchev–Trinajstić information content (AvgIpc) is 3.20. The molecule has 146 valence electrons. The van der Waals surface area contributed by atoms with Crippen molar-refractivity contribution in [2.45, 2.75) is 26.3 Å². The Kier molecular flexibility index (Phi) is 5.10. The zero-order valence-corrected chi connectivity index (χ0v) is 16.1. The summed E-state index contributed by atoms with van der Waals surface area (Å²) < 4.78 is 6.91. The van der Waals surface area contributed by atoms with Gasteiger partial charge in [-0.3, -0.25) is 4.79 Å². The summed E-state index contributed by atoms with van der Waals surface area (Å²) in [4.78, 5) is 23.5. The van der Waals surface area contributed by atoms with E-state index >= 15 is 0 Å². The normalized spacial score (nSPS) is 16.9. The van der Waals surface area contributed by atoms with Gasteiger partial charge in [0, 0.05) is 31.4 Å². The molecule has 3 heterocycles. The standard InChI is InChI=1S/C20H24N6O2/c1-14-10-18(26-20(24-14)22-13-23-26)25-9-3-4-16(12-25)19(27)21-11-15-5-7-17(28-2)8-6-15/h5-8,10,13,16H,3-4,9,11-12H2,1-2H3,(H,21,27)/t16-/m0/s1. The van der Waals surface area contributed by atoms with E-state index in [0.717, 1.165) is 42.2 Å². The quantitative estimate of drug-likeness (QED) is 0.729. The molecule has 0 saturated carbocycles. The van der Waals surface area contributed by atoms with Crippen molar-refractivity contribution in [3.63, 3.8) is 0 Å². The molecule has 1 amide bonds. The Morgan fingerprint density at radius 2 is 2.14 bits per heavy atom. The van der Waals surface area contributed by atoms with Crippen LogP contribution in [0.15, 0.2) is 36.7 Å². The van der Waals surface area contributed by atoms with Crippen LogP contribution in [0.25, 0.3) is 5.78 Å². The van der Waals surface area contributed by atoms with E-state index in [9.17, 15) is 4.79 Å². The van der Waals surface area contributed by atoms with Crippen molar-refractivity contribution >= 4 is 17.5 Å². The van der Waals surface area contributed by atoms with Gasteiger partial charge in [-0.25, -0.2) is 4.98 Å². The zero-order chi connectivity index (χ0) is 19.5. The van der Waals surface area contributed by atoms with Gasteiger partial charge in [-0.15, -0.1) is 0 Å². The van der Waals surface area contributed by atoms with E-state index in [0.29, 0.717) is 18.9 Å².